The van der Waals surface area contributed by atoms with Crippen LogP contribution in [-0.4, -0.2) is 40.5 Å². The minimum Gasteiger partial charge on any atom is -0.300 e. The number of carbonyl (C=O) groups excluding carboxylic acids is 7. The molecule has 0 saturated heterocycles. The molecule has 0 heterocycles. The number of ketones is 7. The van der Waals surface area contributed by atoms with Crippen LogP contribution in [0.4, 0.5) is 0 Å². The van der Waals surface area contributed by atoms with Crippen LogP contribution in [-0.2, 0) is 33.6 Å². The fraction of sp³-hybridized carbons (Fsp3) is 0.741. The van der Waals surface area contributed by atoms with Gasteiger partial charge in [-0.15, -0.1) is 0 Å². The molecule has 0 aromatic heterocycles. The summed E-state index contributed by atoms with van der Waals surface area (Å²) in [6.45, 7) is 25.9. The molecule has 0 fully saturated rings. The van der Waals surface area contributed by atoms with Gasteiger partial charge in [-0.05, 0) is 96.9 Å². The Morgan fingerprint density at radius 2 is 0.353 bits per heavy atom. The van der Waals surface area contributed by atoms with Crippen molar-refractivity contribution in [3.63, 3.8) is 0 Å². The first-order valence-electron chi connectivity index (χ1n) is 11.3. The zero-order chi connectivity index (χ0) is 29.9. The minimum atomic E-state index is 0.167. The summed E-state index contributed by atoms with van der Waals surface area (Å²) in [7, 11) is 0. The summed E-state index contributed by atoms with van der Waals surface area (Å²) in [5, 5.41) is 0. The van der Waals surface area contributed by atoms with Crippen LogP contribution in [0.3, 0.4) is 0 Å². The van der Waals surface area contributed by atoms with E-state index < -0.39 is 0 Å². The average molecular weight is 493 g/mol. The normalized spacial score (nSPS) is 6.94. The first-order valence-corrected chi connectivity index (χ1v) is 11.3. The molecule has 0 bridgehead atoms. The lowest BCUT2D eigenvalue weighted by Gasteiger charge is -1.86. The maximum absolute atomic E-state index is 9.44. The summed E-state index contributed by atoms with van der Waals surface area (Å²) in [5.41, 5.74) is 0. The molecule has 0 aromatic rings. The van der Waals surface area contributed by atoms with Crippen LogP contribution in [0.15, 0.2) is 0 Å². The van der Waals surface area contributed by atoms with Crippen molar-refractivity contribution in [1.29, 1.82) is 0 Å². The van der Waals surface area contributed by atoms with Crippen LogP contribution in [0.25, 0.3) is 0 Å². The highest BCUT2D eigenvalue weighted by Crippen LogP contribution is 1.95. The van der Waals surface area contributed by atoms with E-state index in [-0.39, 0.29) is 40.5 Å². The number of rotatable bonds is 3. The van der Waals surface area contributed by atoms with Crippen LogP contribution in [0.1, 0.15) is 136 Å². The number of hydrogen-bond donors (Lipinski definition) is 0. The van der Waals surface area contributed by atoms with Gasteiger partial charge in [0.15, 0.2) is 0 Å². The van der Waals surface area contributed by atoms with Crippen LogP contribution in [0.2, 0.25) is 0 Å². The molecule has 0 aromatic carbocycles. The molecule has 0 unspecified atom stereocenters. The SMILES string of the molecule is CC(C)=O.CC(C)=O.CC(C)=O.CC(C)=O.CC(C)=O.CC(C)=O.CC(C)=O.CCCCCC. The molecular weight excluding hydrogens is 436 g/mol. The van der Waals surface area contributed by atoms with E-state index >= 15 is 0 Å². The minimum absolute atomic E-state index is 0.167. The quantitative estimate of drug-likeness (QED) is 0.399. The molecular formula is C27H56O7. The molecule has 0 aliphatic carbocycles. The van der Waals surface area contributed by atoms with Crippen molar-refractivity contribution in [2.75, 3.05) is 0 Å². The van der Waals surface area contributed by atoms with Crippen LogP contribution in [0.5, 0.6) is 0 Å². The van der Waals surface area contributed by atoms with E-state index in [0.29, 0.717) is 0 Å². The second kappa shape index (κ2) is 52.5. The third-order valence-electron chi connectivity index (χ3n) is 0.957. The first-order chi connectivity index (χ1) is 15.0. The molecule has 0 N–H and O–H groups in total. The largest absolute Gasteiger partial charge is 0.300 e. The molecule has 34 heavy (non-hydrogen) atoms. The van der Waals surface area contributed by atoms with Gasteiger partial charge in [-0.2, -0.15) is 0 Å². The molecule has 0 radical (unpaired) electrons. The second-order valence-corrected chi connectivity index (χ2v) is 8.06. The molecule has 0 atom stereocenters. The number of Topliss-reactive ketones (excluding diaryl/α,β-unsaturated/α-hetero) is 7. The summed E-state index contributed by atoms with van der Waals surface area (Å²) < 4.78 is 0. The van der Waals surface area contributed by atoms with Gasteiger partial charge in [-0.25, -0.2) is 0 Å². The Labute approximate surface area is 210 Å². The highest BCUT2D eigenvalue weighted by atomic mass is 16.1. The third-order valence-corrected chi connectivity index (χ3v) is 0.957. The molecule has 206 valence electrons. The lowest BCUT2D eigenvalue weighted by atomic mass is 10.2. The Morgan fingerprint density at radius 1 is 0.294 bits per heavy atom. The van der Waals surface area contributed by atoms with Gasteiger partial charge in [-0.3, -0.25) is 0 Å². The predicted octanol–water partition coefficient (Wildman–Crippen LogP) is 6.75. The number of carbonyl (C=O) groups is 7. The maximum atomic E-state index is 9.44. The highest BCUT2D eigenvalue weighted by molar-refractivity contribution is 5.73. The fourth-order valence-corrected chi connectivity index (χ4v) is 0.500. The lowest BCUT2D eigenvalue weighted by Crippen LogP contribution is -1.69. The standard InChI is InChI=1S/C6H14.7C3H6O/c1-3-5-6-4-2;7*1-3(2)4/h3-6H2,1-2H3;7*1-2H3. The number of unbranched alkanes of at least 4 members (excludes halogenated alkanes) is 3. The van der Waals surface area contributed by atoms with Gasteiger partial charge >= 0.3 is 0 Å². The molecule has 7 nitrogen and oxygen atoms in total. The smallest absolute Gasteiger partial charge is 0.126 e. The van der Waals surface area contributed by atoms with E-state index in [1.807, 2.05) is 0 Å². The Bertz CT molecular complexity index is 355. The summed E-state index contributed by atoms with van der Waals surface area (Å²) in [5.74, 6) is 1.17. The van der Waals surface area contributed by atoms with Crippen molar-refractivity contribution in [2.45, 2.75) is 136 Å². The first kappa shape index (κ1) is 53.2. The van der Waals surface area contributed by atoms with E-state index in [9.17, 15) is 33.6 Å². The van der Waals surface area contributed by atoms with Crippen LogP contribution < -0.4 is 0 Å². The van der Waals surface area contributed by atoms with E-state index in [4.69, 9.17) is 0 Å². The number of hydrogen-bond acceptors (Lipinski definition) is 7. The van der Waals surface area contributed by atoms with Crippen molar-refractivity contribution >= 4 is 40.5 Å². The zero-order valence-electron chi connectivity index (χ0n) is 25.2. The topological polar surface area (TPSA) is 119 Å². The summed E-state index contributed by atoms with van der Waals surface area (Å²) in [6.07, 6.45) is 5.54. The van der Waals surface area contributed by atoms with E-state index in [2.05, 4.69) is 13.8 Å². The maximum Gasteiger partial charge on any atom is 0.126 e. The molecule has 0 rings (SSSR count). The van der Waals surface area contributed by atoms with Gasteiger partial charge in [0.25, 0.3) is 0 Å². The van der Waals surface area contributed by atoms with Crippen molar-refractivity contribution < 1.29 is 33.6 Å². The average Bonchev–Trinajstić information content (AvgIpc) is 2.49. The van der Waals surface area contributed by atoms with Gasteiger partial charge in [0, 0.05) is 0 Å². The van der Waals surface area contributed by atoms with Crippen molar-refractivity contribution in [2.24, 2.45) is 0 Å². The Morgan fingerprint density at radius 3 is 0.382 bits per heavy atom. The molecule has 0 amide bonds. The monoisotopic (exact) mass is 492 g/mol. The second-order valence-electron chi connectivity index (χ2n) is 8.06. The van der Waals surface area contributed by atoms with E-state index in [1.165, 1.54) is 123 Å². The highest BCUT2D eigenvalue weighted by Gasteiger charge is 1.75. The summed E-state index contributed by atoms with van der Waals surface area (Å²) >= 11 is 0. The van der Waals surface area contributed by atoms with Crippen molar-refractivity contribution in [1.82, 2.24) is 0 Å². The van der Waals surface area contributed by atoms with Crippen LogP contribution >= 0.6 is 0 Å². The molecule has 0 aliphatic heterocycles. The van der Waals surface area contributed by atoms with Gasteiger partial charge in [0.2, 0.25) is 0 Å². The zero-order valence-corrected chi connectivity index (χ0v) is 25.2. The Hall–Kier alpha value is -2.31. The predicted molar refractivity (Wildman–Crippen MR) is 144 cm³/mol. The van der Waals surface area contributed by atoms with Gasteiger partial charge in [0.05, 0.1) is 0 Å². The van der Waals surface area contributed by atoms with Crippen LogP contribution in [0, 0.1) is 0 Å². The van der Waals surface area contributed by atoms with E-state index in [0.717, 1.165) is 0 Å². The van der Waals surface area contributed by atoms with Gasteiger partial charge < -0.3 is 33.6 Å². The summed E-state index contributed by atoms with van der Waals surface area (Å²) in [4.78, 5) is 66.1. The Kier molecular flexibility index (Phi) is 82.2. The molecule has 0 spiro atoms. The lowest BCUT2D eigenvalue weighted by molar-refractivity contribution is -0.115. The van der Waals surface area contributed by atoms with Crippen molar-refractivity contribution in [3.8, 4) is 0 Å². The summed E-state index contributed by atoms with van der Waals surface area (Å²) in [6, 6.07) is 0. The third kappa shape index (κ3) is 51300. The van der Waals surface area contributed by atoms with Gasteiger partial charge in [-0.1, -0.05) is 39.5 Å². The molecule has 7 heteroatoms. The van der Waals surface area contributed by atoms with Crippen molar-refractivity contribution in [3.05, 3.63) is 0 Å². The Balaban J connectivity index is -0.0000000381. The van der Waals surface area contributed by atoms with Gasteiger partial charge in [0.1, 0.15) is 40.5 Å². The molecule has 0 aliphatic rings. The molecule has 0 saturated carbocycles. The fourth-order valence-electron chi connectivity index (χ4n) is 0.500. The van der Waals surface area contributed by atoms with E-state index in [1.54, 1.807) is 0 Å².